The van der Waals surface area contributed by atoms with E-state index in [0.717, 1.165) is 36.4 Å². The highest BCUT2D eigenvalue weighted by atomic mass is 32.2. The van der Waals surface area contributed by atoms with Gasteiger partial charge in [0.1, 0.15) is 0 Å². The second kappa shape index (κ2) is 12.4. The average molecular weight is 580 g/mol. The molecule has 1 saturated carbocycles. The van der Waals surface area contributed by atoms with Crippen LogP contribution < -0.4 is 4.90 Å². The van der Waals surface area contributed by atoms with Crippen LogP contribution in [0.25, 0.3) is 6.08 Å². The third-order valence-corrected chi connectivity index (χ3v) is 10.6. The van der Waals surface area contributed by atoms with Crippen molar-refractivity contribution < 1.29 is 9.59 Å². The molecule has 3 fully saturated rings. The third kappa shape index (κ3) is 6.00. The van der Waals surface area contributed by atoms with E-state index in [1.807, 2.05) is 35.2 Å². The van der Waals surface area contributed by atoms with Gasteiger partial charge in [0.05, 0.1) is 4.91 Å². The van der Waals surface area contributed by atoms with Crippen molar-refractivity contribution in [2.45, 2.75) is 64.3 Å². The van der Waals surface area contributed by atoms with Crippen molar-refractivity contribution >= 4 is 35.3 Å². The molecule has 6 rings (SSSR count). The molecule has 0 N–H and O–H groups in total. The Labute approximate surface area is 254 Å². The lowest BCUT2D eigenvalue weighted by Gasteiger charge is -2.44. The largest absolute Gasteiger partial charge is 0.368 e. The zero-order valence-corrected chi connectivity index (χ0v) is 25.8. The summed E-state index contributed by atoms with van der Waals surface area (Å²) in [7, 11) is 0. The summed E-state index contributed by atoms with van der Waals surface area (Å²) in [4.78, 5) is 34.4. The first-order chi connectivity index (χ1) is 20.4. The fourth-order valence-electron chi connectivity index (χ4n) is 6.65. The van der Waals surface area contributed by atoms with Gasteiger partial charge in [-0.05, 0) is 80.1 Å². The maximum atomic E-state index is 13.8. The summed E-state index contributed by atoms with van der Waals surface area (Å²) in [6.45, 7) is 10.2. The predicted octanol–water partition coefficient (Wildman–Crippen LogP) is 7.00. The van der Waals surface area contributed by atoms with Gasteiger partial charge in [0, 0.05) is 55.3 Å². The number of hydrogen-bond donors (Lipinski definition) is 0. The molecule has 42 heavy (non-hydrogen) atoms. The Morgan fingerprint density at radius 1 is 0.905 bits per heavy atom. The summed E-state index contributed by atoms with van der Waals surface area (Å²) in [5.74, 6) is 0.207. The number of thioether (sulfide) groups is 1. The molecular weight excluding hydrogens is 538 g/mol. The lowest BCUT2D eigenvalue weighted by atomic mass is 9.92. The van der Waals surface area contributed by atoms with Crippen LogP contribution in [0.1, 0.15) is 63.9 Å². The smallest absolute Gasteiger partial charge is 0.260 e. The van der Waals surface area contributed by atoms with E-state index in [0.29, 0.717) is 36.5 Å². The van der Waals surface area contributed by atoms with E-state index in [2.05, 4.69) is 73.0 Å². The number of piperazine rings is 1. The highest BCUT2D eigenvalue weighted by Gasteiger charge is 2.40. The van der Waals surface area contributed by atoms with Gasteiger partial charge in [-0.25, -0.2) is 0 Å². The summed E-state index contributed by atoms with van der Waals surface area (Å²) in [5.41, 5.74) is 7.96. The lowest BCUT2D eigenvalue weighted by molar-refractivity contribution is -0.130. The Bertz CT molecular complexity index is 1490. The summed E-state index contributed by atoms with van der Waals surface area (Å²) < 4.78 is 0. The fraction of sp³-hybridized carbons (Fsp3) is 0.389. The van der Waals surface area contributed by atoms with Crippen LogP contribution >= 0.6 is 11.8 Å². The van der Waals surface area contributed by atoms with Gasteiger partial charge in [-0.1, -0.05) is 66.9 Å². The molecule has 0 aromatic heterocycles. The van der Waals surface area contributed by atoms with Crippen LogP contribution in [0.2, 0.25) is 0 Å². The minimum atomic E-state index is 0.0762. The summed E-state index contributed by atoms with van der Waals surface area (Å²) in [6, 6.07) is 23.0. The molecule has 2 atom stereocenters. The second-order valence-electron chi connectivity index (χ2n) is 12.1. The maximum absolute atomic E-state index is 13.8. The van der Waals surface area contributed by atoms with Gasteiger partial charge in [-0.15, -0.1) is 11.8 Å². The molecule has 0 radical (unpaired) electrons. The van der Waals surface area contributed by atoms with Gasteiger partial charge in [0.25, 0.3) is 11.8 Å². The van der Waals surface area contributed by atoms with Crippen molar-refractivity contribution in [3.05, 3.63) is 105 Å². The van der Waals surface area contributed by atoms with E-state index in [1.54, 1.807) is 11.8 Å². The van der Waals surface area contributed by atoms with Crippen LogP contribution in [-0.4, -0.2) is 59.1 Å². The fourth-order valence-corrected chi connectivity index (χ4v) is 8.13. The molecule has 0 bridgehead atoms. The summed E-state index contributed by atoms with van der Waals surface area (Å²) in [6.07, 6.45) is 6.67. The van der Waals surface area contributed by atoms with Gasteiger partial charge in [0.2, 0.25) is 0 Å². The number of carbonyl (C=O) groups excluding carboxylic acids is 2. The number of carbonyl (C=O) groups is 2. The molecule has 0 spiro atoms. The molecule has 2 saturated heterocycles. The standard InChI is InChI=1S/C36H41N3O2S/c1-25-8-6-10-29(22-25)24-39-32-11-4-5-13-33(32)42-34(36(39)41)23-28-14-16-30(17-15-28)35(40)38-20-18-37(19-21-38)31-12-7-9-26(2)27(31)3/h6-10,12,14-17,22-23,32-33H,4-5,11,13,18-21,24H2,1-3H3/b34-23+. The Morgan fingerprint density at radius 3 is 2.40 bits per heavy atom. The topological polar surface area (TPSA) is 43.9 Å². The van der Waals surface area contributed by atoms with E-state index in [4.69, 9.17) is 0 Å². The lowest BCUT2D eigenvalue weighted by Crippen LogP contribution is -2.50. The monoisotopic (exact) mass is 579 g/mol. The van der Waals surface area contributed by atoms with E-state index in [9.17, 15) is 9.59 Å². The Hall–Kier alpha value is -3.51. The quantitative estimate of drug-likeness (QED) is 0.305. The van der Waals surface area contributed by atoms with Crippen LogP contribution in [-0.2, 0) is 11.3 Å². The molecule has 3 aromatic rings. The number of amides is 2. The molecule has 2 heterocycles. The first-order valence-corrected chi connectivity index (χ1v) is 16.2. The minimum Gasteiger partial charge on any atom is -0.368 e. The van der Waals surface area contributed by atoms with Crippen molar-refractivity contribution in [3.63, 3.8) is 0 Å². The average Bonchev–Trinajstić information content (AvgIpc) is 3.01. The number of anilines is 1. The van der Waals surface area contributed by atoms with Crippen molar-refractivity contribution in [1.82, 2.24) is 9.80 Å². The number of nitrogens with zero attached hydrogens (tertiary/aromatic N) is 3. The molecule has 2 aliphatic heterocycles. The molecule has 2 unspecified atom stereocenters. The molecule has 5 nitrogen and oxygen atoms in total. The van der Waals surface area contributed by atoms with Crippen molar-refractivity contribution in [1.29, 1.82) is 0 Å². The van der Waals surface area contributed by atoms with Gasteiger partial charge in [-0.3, -0.25) is 9.59 Å². The van der Waals surface area contributed by atoms with Crippen LogP contribution in [0.15, 0.2) is 71.6 Å². The van der Waals surface area contributed by atoms with Gasteiger partial charge < -0.3 is 14.7 Å². The molecule has 3 aromatic carbocycles. The van der Waals surface area contributed by atoms with Crippen molar-refractivity contribution in [3.8, 4) is 0 Å². The van der Waals surface area contributed by atoms with Gasteiger partial charge in [-0.2, -0.15) is 0 Å². The molecule has 1 aliphatic carbocycles. The second-order valence-corrected chi connectivity index (χ2v) is 13.3. The molecule has 218 valence electrons. The number of rotatable bonds is 5. The van der Waals surface area contributed by atoms with Crippen LogP contribution in [0, 0.1) is 20.8 Å². The number of fused-ring (bicyclic) bond motifs is 1. The van der Waals surface area contributed by atoms with Gasteiger partial charge in [0.15, 0.2) is 0 Å². The number of hydrogen-bond acceptors (Lipinski definition) is 4. The van der Waals surface area contributed by atoms with E-state index in [-0.39, 0.29) is 11.8 Å². The van der Waals surface area contributed by atoms with E-state index >= 15 is 0 Å². The Morgan fingerprint density at radius 2 is 1.64 bits per heavy atom. The summed E-state index contributed by atoms with van der Waals surface area (Å²) >= 11 is 1.76. The highest BCUT2D eigenvalue weighted by molar-refractivity contribution is 8.04. The number of aryl methyl sites for hydroxylation is 2. The zero-order chi connectivity index (χ0) is 29.2. The van der Waals surface area contributed by atoms with Crippen molar-refractivity contribution in [2.24, 2.45) is 0 Å². The molecule has 3 aliphatic rings. The summed E-state index contributed by atoms with van der Waals surface area (Å²) in [5, 5.41) is 0.440. The first kappa shape index (κ1) is 28.6. The predicted molar refractivity (Wildman–Crippen MR) is 174 cm³/mol. The first-order valence-electron chi connectivity index (χ1n) is 15.3. The van der Waals surface area contributed by atoms with E-state index < -0.39 is 0 Å². The normalized spacial score (nSPS) is 21.9. The van der Waals surface area contributed by atoms with Gasteiger partial charge >= 0.3 is 0 Å². The highest BCUT2D eigenvalue weighted by Crippen LogP contribution is 2.42. The van der Waals surface area contributed by atoms with E-state index in [1.165, 1.54) is 40.8 Å². The SMILES string of the molecule is Cc1cccc(CN2C(=O)/C(=C\c3ccc(C(=O)N4CCN(c5cccc(C)c5C)CC4)cc3)SC3CCCCC32)c1. The van der Waals surface area contributed by atoms with Crippen LogP contribution in [0.4, 0.5) is 5.69 Å². The van der Waals surface area contributed by atoms with Crippen molar-refractivity contribution in [2.75, 3.05) is 31.1 Å². The Balaban J connectivity index is 1.13. The number of benzene rings is 3. The molecule has 2 amide bonds. The van der Waals surface area contributed by atoms with Crippen LogP contribution in [0.5, 0.6) is 0 Å². The zero-order valence-electron chi connectivity index (χ0n) is 25.0. The minimum absolute atomic E-state index is 0.0762. The Kier molecular flexibility index (Phi) is 8.43. The maximum Gasteiger partial charge on any atom is 0.260 e. The molecular formula is C36H41N3O2S. The molecule has 6 heteroatoms. The van der Waals surface area contributed by atoms with Crippen LogP contribution in [0.3, 0.4) is 0 Å². The third-order valence-electron chi connectivity index (χ3n) is 9.19.